The minimum Gasteiger partial charge on any atom is -0.857 e. The summed E-state index contributed by atoms with van der Waals surface area (Å²) in [7, 11) is 1.50. The van der Waals surface area contributed by atoms with Gasteiger partial charge in [-0.3, -0.25) is 0 Å². The first-order valence-corrected chi connectivity index (χ1v) is 3.92. The Bertz CT molecular complexity index is 77.7. The van der Waals surface area contributed by atoms with Gasteiger partial charge in [-0.1, -0.05) is 25.7 Å². The van der Waals surface area contributed by atoms with Crippen molar-refractivity contribution in [1.82, 2.24) is 0 Å². The Labute approximate surface area is 118 Å². The summed E-state index contributed by atoms with van der Waals surface area (Å²) < 4.78 is 0. The third-order valence-electron chi connectivity index (χ3n) is 1.58. The molecule has 0 bridgehead atoms. The first kappa shape index (κ1) is 24.6. The molecule has 14 heavy (non-hydrogen) atoms. The van der Waals surface area contributed by atoms with Crippen molar-refractivity contribution in [3.8, 4) is 0 Å². The van der Waals surface area contributed by atoms with Crippen LogP contribution in [0.4, 0.5) is 0 Å². The van der Waals surface area contributed by atoms with Crippen LogP contribution in [0.3, 0.4) is 0 Å². The molecule has 0 saturated heterocycles. The monoisotopic (exact) mass is 224 g/mol. The van der Waals surface area contributed by atoms with E-state index in [9.17, 15) is 10.2 Å². The second kappa shape index (κ2) is 19.9. The minimum atomic E-state index is -0.550. The van der Waals surface area contributed by atoms with Crippen LogP contribution < -0.4 is 20.4 Å². The summed E-state index contributed by atoms with van der Waals surface area (Å²) in [5, 5.41) is 37.6. The van der Waals surface area contributed by atoms with E-state index < -0.39 is 12.2 Å². The van der Waals surface area contributed by atoms with Crippen LogP contribution >= 0.6 is 0 Å². The molecule has 1 aliphatic rings. The number of hydrogen-bond donors (Lipinski definition) is 0. The van der Waals surface area contributed by atoms with Gasteiger partial charge in [0.2, 0.25) is 0 Å². The van der Waals surface area contributed by atoms with E-state index in [0.29, 0.717) is 6.42 Å². The van der Waals surface area contributed by atoms with Gasteiger partial charge >= 0.3 is 46.1 Å². The zero-order valence-corrected chi connectivity index (χ0v) is 11.9. The Morgan fingerprint density at radius 3 is 1.21 bits per heavy atom. The second-order valence-electron chi connectivity index (χ2n) is 2.41. The molecule has 76 valence electrons. The third kappa shape index (κ3) is 15.8. The maximum Gasteiger partial charge on any atom is 2.00 e. The summed E-state index contributed by atoms with van der Waals surface area (Å²) in [6.45, 7) is 0. The van der Waals surface area contributed by atoms with E-state index in [1.807, 2.05) is 0 Å². The fourth-order valence-corrected chi connectivity index (χ4v) is 1.10. The summed E-state index contributed by atoms with van der Waals surface area (Å²) in [4.78, 5) is 0. The van der Waals surface area contributed by atoms with E-state index in [2.05, 4.69) is 0 Å². The zero-order valence-electron chi connectivity index (χ0n) is 9.03. The van der Waals surface area contributed by atoms with Gasteiger partial charge in [0.25, 0.3) is 0 Å². The van der Waals surface area contributed by atoms with E-state index in [4.69, 9.17) is 10.2 Å². The Morgan fingerprint density at radius 2 is 1.07 bits per heavy atom. The summed E-state index contributed by atoms with van der Waals surface area (Å²) in [6.07, 6.45) is 1.55. The SMILES string of the molecule is C[O-].C[O-].[Mg+2].[Mg+2].[O-]C1CCCC([O-])C1. The predicted octanol–water partition coefficient (Wildman–Crippen LogP) is -3.79. The molecule has 6 heteroatoms. The van der Waals surface area contributed by atoms with Gasteiger partial charge in [0, 0.05) is 0 Å². The molecule has 0 radical (unpaired) electrons. The molecule has 1 aliphatic carbocycles. The molecule has 0 aliphatic heterocycles. The molecule has 1 saturated carbocycles. The van der Waals surface area contributed by atoms with Crippen molar-refractivity contribution in [2.45, 2.75) is 37.9 Å². The molecule has 0 aromatic rings. The van der Waals surface area contributed by atoms with E-state index in [-0.39, 0.29) is 46.1 Å². The fraction of sp³-hybridized carbons (Fsp3) is 1.00. The first-order valence-electron chi connectivity index (χ1n) is 3.92. The van der Waals surface area contributed by atoms with Crippen molar-refractivity contribution in [3.05, 3.63) is 0 Å². The second-order valence-corrected chi connectivity index (χ2v) is 2.41. The van der Waals surface area contributed by atoms with Crippen molar-refractivity contribution in [1.29, 1.82) is 0 Å². The molecule has 0 heterocycles. The van der Waals surface area contributed by atoms with Gasteiger partial charge in [-0.25, -0.2) is 0 Å². The van der Waals surface area contributed by atoms with Crippen LogP contribution in [0.5, 0.6) is 0 Å². The van der Waals surface area contributed by atoms with Crippen molar-refractivity contribution >= 4 is 46.1 Å². The molecule has 0 aromatic carbocycles. The summed E-state index contributed by atoms with van der Waals surface area (Å²) in [6, 6.07) is 0. The molecule has 1 rings (SSSR count). The van der Waals surface area contributed by atoms with Crippen LogP contribution in [0.1, 0.15) is 25.7 Å². The zero-order chi connectivity index (χ0) is 9.98. The normalized spacial score (nSPS) is 23.6. The maximum absolute atomic E-state index is 10.6. The average Bonchev–Trinajstić information content (AvgIpc) is 2.11. The molecule has 0 spiro atoms. The summed E-state index contributed by atoms with van der Waals surface area (Å²) >= 11 is 0. The van der Waals surface area contributed by atoms with Gasteiger partial charge < -0.3 is 20.4 Å². The fourth-order valence-electron chi connectivity index (χ4n) is 1.10. The van der Waals surface area contributed by atoms with Crippen molar-refractivity contribution < 1.29 is 20.4 Å². The van der Waals surface area contributed by atoms with E-state index in [1.165, 1.54) is 0 Å². The van der Waals surface area contributed by atoms with Gasteiger partial charge in [0.05, 0.1) is 0 Å². The minimum absolute atomic E-state index is 0. The first-order chi connectivity index (χ1) is 5.79. The van der Waals surface area contributed by atoms with Gasteiger partial charge in [-0.2, -0.15) is 14.2 Å². The van der Waals surface area contributed by atoms with Crippen molar-refractivity contribution in [2.75, 3.05) is 14.2 Å². The molecular weight excluding hydrogens is 209 g/mol. The van der Waals surface area contributed by atoms with Crippen LogP contribution in [-0.4, -0.2) is 72.5 Å². The van der Waals surface area contributed by atoms with Crippen LogP contribution in [0.2, 0.25) is 0 Å². The van der Waals surface area contributed by atoms with Crippen LogP contribution in [-0.2, 0) is 0 Å². The molecule has 1 fully saturated rings. The molecular formula is C8H16Mg2O4. The van der Waals surface area contributed by atoms with E-state index >= 15 is 0 Å². The van der Waals surface area contributed by atoms with E-state index in [0.717, 1.165) is 33.5 Å². The Morgan fingerprint density at radius 1 is 0.786 bits per heavy atom. The molecule has 0 amide bonds. The molecule has 2 atom stereocenters. The molecule has 0 aromatic heterocycles. The molecule has 4 nitrogen and oxygen atoms in total. The number of hydrogen-bond acceptors (Lipinski definition) is 4. The van der Waals surface area contributed by atoms with Crippen molar-refractivity contribution in [2.24, 2.45) is 0 Å². The summed E-state index contributed by atoms with van der Waals surface area (Å²) in [5.74, 6) is 0. The Hall–Kier alpha value is 1.37. The number of rotatable bonds is 0. The van der Waals surface area contributed by atoms with Gasteiger partial charge in [-0.05, 0) is 0 Å². The molecule has 0 N–H and O–H groups in total. The largest absolute Gasteiger partial charge is 2.00 e. The standard InChI is InChI=1S/C6H10O2.2CH3O.2Mg/c7-5-2-1-3-6(8)4-5;2*1-2;;/h5-6H,1-4H2;2*1H3;;/q-2;2*-1;2*+2. The van der Waals surface area contributed by atoms with Gasteiger partial charge in [-0.15, -0.1) is 12.2 Å². The molecule has 2 unspecified atom stereocenters. The Balaban J connectivity index is -0.0000000750. The predicted molar refractivity (Wildman–Crippen MR) is 49.4 cm³/mol. The summed E-state index contributed by atoms with van der Waals surface area (Å²) in [5.41, 5.74) is 0. The smallest absolute Gasteiger partial charge is 0.857 e. The quantitative estimate of drug-likeness (QED) is 0.395. The van der Waals surface area contributed by atoms with Crippen LogP contribution in [0.25, 0.3) is 0 Å². The topological polar surface area (TPSA) is 92.2 Å². The van der Waals surface area contributed by atoms with E-state index in [1.54, 1.807) is 0 Å². The maximum atomic E-state index is 10.6. The van der Waals surface area contributed by atoms with Crippen LogP contribution in [0, 0.1) is 0 Å². The van der Waals surface area contributed by atoms with Gasteiger partial charge in [0.15, 0.2) is 0 Å². The average molecular weight is 225 g/mol. The Kier molecular flexibility index (Phi) is 34.9. The van der Waals surface area contributed by atoms with Gasteiger partial charge in [0.1, 0.15) is 0 Å². The van der Waals surface area contributed by atoms with Crippen molar-refractivity contribution in [3.63, 3.8) is 0 Å². The third-order valence-corrected chi connectivity index (χ3v) is 1.58. The van der Waals surface area contributed by atoms with Crippen LogP contribution in [0.15, 0.2) is 0 Å².